The highest BCUT2D eigenvalue weighted by molar-refractivity contribution is 9.10. The van der Waals surface area contributed by atoms with Crippen molar-refractivity contribution in [2.45, 2.75) is 19.9 Å². The van der Waals surface area contributed by atoms with Crippen LogP contribution in [0.4, 0.5) is 8.78 Å². The van der Waals surface area contributed by atoms with Gasteiger partial charge in [-0.3, -0.25) is 0 Å². The van der Waals surface area contributed by atoms with Gasteiger partial charge < -0.3 is 5.32 Å². The van der Waals surface area contributed by atoms with Gasteiger partial charge in [0, 0.05) is 10.0 Å². The number of halogens is 3. The maximum atomic E-state index is 14.1. The third-order valence-electron chi connectivity index (χ3n) is 3.21. The molecule has 4 heteroatoms. The van der Waals surface area contributed by atoms with E-state index in [1.165, 1.54) is 12.1 Å². The Labute approximate surface area is 126 Å². The minimum Gasteiger partial charge on any atom is -0.306 e. The van der Waals surface area contributed by atoms with Gasteiger partial charge in [0.2, 0.25) is 0 Å². The molecule has 0 bridgehead atoms. The monoisotopic (exact) mass is 339 g/mol. The predicted octanol–water partition coefficient (Wildman–Crippen LogP) is 4.73. The van der Waals surface area contributed by atoms with Crippen LogP contribution in [0.2, 0.25) is 0 Å². The van der Waals surface area contributed by atoms with E-state index in [1.807, 2.05) is 13.0 Å². The SMILES string of the molecule is CCNC(c1ccc(C)c(F)c1)c1ccc(Br)cc1F. The Morgan fingerprint density at radius 2 is 1.85 bits per heavy atom. The fraction of sp³-hybridized carbons (Fsp3) is 0.250. The van der Waals surface area contributed by atoms with Crippen molar-refractivity contribution in [1.29, 1.82) is 0 Å². The highest BCUT2D eigenvalue weighted by Crippen LogP contribution is 2.27. The van der Waals surface area contributed by atoms with Gasteiger partial charge >= 0.3 is 0 Å². The smallest absolute Gasteiger partial charge is 0.129 e. The van der Waals surface area contributed by atoms with Gasteiger partial charge in [-0.05, 0) is 42.8 Å². The average molecular weight is 340 g/mol. The molecule has 2 aromatic rings. The van der Waals surface area contributed by atoms with Crippen LogP contribution in [0.1, 0.15) is 29.7 Å². The number of hydrogen-bond donors (Lipinski definition) is 1. The van der Waals surface area contributed by atoms with E-state index in [0.717, 1.165) is 5.56 Å². The maximum Gasteiger partial charge on any atom is 0.129 e. The first kappa shape index (κ1) is 15.1. The van der Waals surface area contributed by atoms with E-state index in [4.69, 9.17) is 0 Å². The molecular weight excluding hydrogens is 324 g/mol. The first-order valence-corrected chi connectivity index (χ1v) is 7.26. The minimum absolute atomic E-state index is 0.275. The number of aryl methyl sites for hydroxylation is 1. The fourth-order valence-corrected chi connectivity index (χ4v) is 2.47. The van der Waals surface area contributed by atoms with Crippen LogP contribution < -0.4 is 5.32 Å². The van der Waals surface area contributed by atoms with Gasteiger partial charge in [0.1, 0.15) is 11.6 Å². The summed E-state index contributed by atoms with van der Waals surface area (Å²) in [6.45, 7) is 4.31. The first-order chi connectivity index (χ1) is 9.52. The molecule has 1 atom stereocenters. The molecule has 0 aliphatic rings. The van der Waals surface area contributed by atoms with Crippen molar-refractivity contribution in [1.82, 2.24) is 5.32 Å². The Kier molecular flexibility index (Phi) is 4.89. The van der Waals surface area contributed by atoms with Crippen molar-refractivity contribution in [3.63, 3.8) is 0 Å². The second-order valence-electron chi connectivity index (χ2n) is 4.67. The van der Waals surface area contributed by atoms with E-state index >= 15 is 0 Å². The molecule has 1 unspecified atom stereocenters. The maximum absolute atomic E-state index is 14.1. The molecule has 0 aliphatic heterocycles. The average Bonchev–Trinajstić information content (AvgIpc) is 2.40. The van der Waals surface area contributed by atoms with Gasteiger partial charge in [-0.1, -0.05) is 41.1 Å². The molecule has 1 N–H and O–H groups in total. The number of hydrogen-bond acceptors (Lipinski definition) is 1. The Morgan fingerprint density at radius 3 is 2.45 bits per heavy atom. The quantitative estimate of drug-likeness (QED) is 0.848. The van der Waals surface area contributed by atoms with E-state index < -0.39 is 0 Å². The van der Waals surface area contributed by atoms with Crippen LogP contribution in [0.15, 0.2) is 40.9 Å². The van der Waals surface area contributed by atoms with Gasteiger partial charge in [-0.25, -0.2) is 8.78 Å². The number of benzene rings is 2. The molecule has 0 radical (unpaired) electrons. The van der Waals surface area contributed by atoms with Crippen LogP contribution in [0.25, 0.3) is 0 Å². The van der Waals surface area contributed by atoms with E-state index in [2.05, 4.69) is 21.2 Å². The summed E-state index contributed by atoms with van der Waals surface area (Å²) in [7, 11) is 0. The first-order valence-electron chi connectivity index (χ1n) is 6.47. The number of nitrogens with one attached hydrogen (secondary N) is 1. The standard InChI is InChI=1S/C16H16BrF2N/c1-3-20-16(11-5-4-10(2)14(18)8-11)13-7-6-12(17)9-15(13)19/h4-9,16,20H,3H2,1-2H3. The van der Waals surface area contributed by atoms with Gasteiger partial charge in [-0.2, -0.15) is 0 Å². The van der Waals surface area contributed by atoms with Gasteiger partial charge in [0.25, 0.3) is 0 Å². The largest absolute Gasteiger partial charge is 0.306 e. The van der Waals surface area contributed by atoms with Crippen molar-refractivity contribution in [2.75, 3.05) is 6.54 Å². The molecule has 2 rings (SSSR count). The zero-order valence-corrected chi connectivity index (χ0v) is 13.0. The van der Waals surface area contributed by atoms with Crippen molar-refractivity contribution in [3.05, 3.63) is 69.2 Å². The molecule has 0 spiro atoms. The Hall–Kier alpha value is -1.26. The molecule has 0 aliphatic carbocycles. The third-order valence-corrected chi connectivity index (χ3v) is 3.70. The van der Waals surface area contributed by atoms with Crippen molar-refractivity contribution in [2.24, 2.45) is 0 Å². The second kappa shape index (κ2) is 6.46. The summed E-state index contributed by atoms with van der Waals surface area (Å²) in [4.78, 5) is 0. The van der Waals surface area contributed by atoms with Crippen LogP contribution in [0.5, 0.6) is 0 Å². The Morgan fingerprint density at radius 1 is 1.10 bits per heavy atom. The second-order valence-corrected chi connectivity index (χ2v) is 5.58. The summed E-state index contributed by atoms with van der Waals surface area (Å²) in [5, 5.41) is 3.20. The fourth-order valence-electron chi connectivity index (χ4n) is 2.14. The molecule has 0 aromatic heterocycles. The predicted molar refractivity (Wildman–Crippen MR) is 80.8 cm³/mol. The lowest BCUT2D eigenvalue weighted by molar-refractivity contribution is 0.553. The normalized spacial score (nSPS) is 12.4. The minimum atomic E-state index is -0.358. The summed E-state index contributed by atoms with van der Waals surface area (Å²) in [5.41, 5.74) is 1.81. The lowest BCUT2D eigenvalue weighted by atomic mass is 9.97. The van der Waals surface area contributed by atoms with Gasteiger partial charge in [0.15, 0.2) is 0 Å². The zero-order valence-electron chi connectivity index (χ0n) is 11.4. The summed E-state index contributed by atoms with van der Waals surface area (Å²) in [6.07, 6.45) is 0. The van der Waals surface area contributed by atoms with E-state index in [1.54, 1.807) is 25.1 Å². The Balaban J connectivity index is 2.47. The van der Waals surface area contributed by atoms with E-state index in [9.17, 15) is 8.78 Å². The van der Waals surface area contributed by atoms with Crippen LogP contribution in [-0.2, 0) is 0 Å². The molecule has 0 saturated heterocycles. The number of rotatable bonds is 4. The molecule has 0 fully saturated rings. The van der Waals surface area contributed by atoms with E-state index in [-0.39, 0.29) is 17.7 Å². The lowest BCUT2D eigenvalue weighted by Crippen LogP contribution is -2.23. The molecule has 0 amide bonds. The molecule has 0 heterocycles. The van der Waals surface area contributed by atoms with Gasteiger partial charge in [-0.15, -0.1) is 0 Å². The highest BCUT2D eigenvalue weighted by Gasteiger charge is 2.18. The molecule has 2 aromatic carbocycles. The highest BCUT2D eigenvalue weighted by atomic mass is 79.9. The third kappa shape index (κ3) is 3.25. The van der Waals surface area contributed by atoms with Crippen LogP contribution in [0, 0.1) is 18.6 Å². The van der Waals surface area contributed by atoms with Crippen LogP contribution >= 0.6 is 15.9 Å². The molecule has 106 valence electrons. The Bertz CT molecular complexity index is 613. The summed E-state index contributed by atoms with van der Waals surface area (Å²) in [5.74, 6) is -0.589. The summed E-state index contributed by atoms with van der Waals surface area (Å²) in [6, 6.07) is 9.56. The molecular formula is C16H16BrF2N. The van der Waals surface area contributed by atoms with Crippen LogP contribution in [-0.4, -0.2) is 6.54 Å². The summed E-state index contributed by atoms with van der Waals surface area (Å²) < 4.78 is 28.5. The zero-order chi connectivity index (χ0) is 14.7. The topological polar surface area (TPSA) is 12.0 Å². The lowest BCUT2D eigenvalue weighted by Gasteiger charge is -2.20. The van der Waals surface area contributed by atoms with Gasteiger partial charge in [0.05, 0.1) is 6.04 Å². The van der Waals surface area contributed by atoms with Crippen molar-refractivity contribution < 1.29 is 8.78 Å². The molecule has 1 nitrogen and oxygen atoms in total. The molecule has 20 heavy (non-hydrogen) atoms. The van der Waals surface area contributed by atoms with Crippen LogP contribution in [0.3, 0.4) is 0 Å². The van der Waals surface area contributed by atoms with E-state index in [0.29, 0.717) is 22.1 Å². The summed E-state index contributed by atoms with van der Waals surface area (Å²) >= 11 is 3.24. The molecule has 0 saturated carbocycles. The van der Waals surface area contributed by atoms with Crippen molar-refractivity contribution in [3.8, 4) is 0 Å². The van der Waals surface area contributed by atoms with Crippen molar-refractivity contribution >= 4 is 15.9 Å².